The number of piperazine rings is 1. The molecule has 2 aromatic carbocycles. The lowest BCUT2D eigenvalue weighted by atomic mass is 9.94. The van der Waals surface area contributed by atoms with Crippen molar-refractivity contribution in [3.8, 4) is 11.5 Å². The van der Waals surface area contributed by atoms with Gasteiger partial charge >= 0.3 is 0 Å². The Balaban J connectivity index is 1.36. The summed E-state index contributed by atoms with van der Waals surface area (Å²) in [5.41, 5.74) is 2.41. The fourth-order valence-electron chi connectivity index (χ4n) is 4.22. The Hall–Kier alpha value is -2.53. The number of nitrogens with zero attached hydrogens (tertiary/aromatic N) is 2. The molecule has 0 N–H and O–H groups in total. The molecule has 2 aliphatic rings. The molecule has 1 amide bonds. The van der Waals surface area contributed by atoms with Crippen LogP contribution in [0.15, 0.2) is 48.5 Å². The third-order valence-corrected chi connectivity index (χ3v) is 5.77. The second-order valence-corrected chi connectivity index (χ2v) is 7.79. The number of methoxy groups -OCH3 is 1. The second kappa shape index (κ2) is 8.23. The van der Waals surface area contributed by atoms with Crippen molar-refractivity contribution in [2.75, 3.05) is 33.4 Å². The molecular formula is C23H28N2O3. The lowest BCUT2D eigenvalue weighted by Gasteiger charge is -2.41. The zero-order valence-corrected chi connectivity index (χ0v) is 16.6. The maximum atomic E-state index is 13.2. The summed E-state index contributed by atoms with van der Waals surface area (Å²) in [5, 5.41) is 0. The molecule has 1 saturated heterocycles. The Morgan fingerprint density at radius 2 is 2.00 bits per heavy atom. The van der Waals surface area contributed by atoms with E-state index >= 15 is 0 Å². The van der Waals surface area contributed by atoms with Crippen LogP contribution in [-0.2, 0) is 17.8 Å². The van der Waals surface area contributed by atoms with Gasteiger partial charge in [-0.15, -0.1) is 0 Å². The number of benzene rings is 2. The summed E-state index contributed by atoms with van der Waals surface area (Å²) in [6, 6.07) is 16.6. The van der Waals surface area contributed by atoms with E-state index in [0.717, 1.165) is 49.7 Å². The second-order valence-electron chi connectivity index (χ2n) is 7.79. The van der Waals surface area contributed by atoms with Gasteiger partial charge in [-0.05, 0) is 30.5 Å². The fraction of sp³-hybridized carbons (Fsp3) is 0.435. The van der Waals surface area contributed by atoms with Crippen LogP contribution in [0, 0.1) is 5.92 Å². The highest BCUT2D eigenvalue weighted by atomic mass is 16.5. The van der Waals surface area contributed by atoms with Crippen molar-refractivity contribution in [2.45, 2.75) is 25.9 Å². The predicted molar refractivity (Wildman–Crippen MR) is 109 cm³/mol. The standard InChI is InChI=1S/C23H28N2O3/c1-17-14-24(15-18-6-4-3-5-7-18)10-11-25(17)23(26)20-12-19-8-9-21(27-2)13-22(19)28-16-20/h3-9,13,17,20H,10-12,14-16H2,1-2H3. The Kier molecular flexibility index (Phi) is 5.53. The van der Waals surface area contributed by atoms with Crippen molar-refractivity contribution in [3.05, 3.63) is 59.7 Å². The zero-order valence-electron chi connectivity index (χ0n) is 16.6. The molecule has 2 aromatic rings. The molecule has 148 valence electrons. The Labute approximate surface area is 166 Å². The molecule has 28 heavy (non-hydrogen) atoms. The minimum atomic E-state index is -0.107. The topological polar surface area (TPSA) is 42.0 Å². The average Bonchev–Trinajstić information content (AvgIpc) is 2.73. The maximum absolute atomic E-state index is 13.2. The van der Waals surface area contributed by atoms with E-state index in [-0.39, 0.29) is 17.9 Å². The van der Waals surface area contributed by atoms with Crippen molar-refractivity contribution in [1.82, 2.24) is 9.80 Å². The van der Waals surface area contributed by atoms with E-state index in [2.05, 4.69) is 36.1 Å². The van der Waals surface area contributed by atoms with Gasteiger partial charge in [0.2, 0.25) is 5.91 Å². The van der Waals surface area contributed by atoms with Gasteiger partial charge in [0.1, 0.15) is 18.1 Å². The van der Waals surface area contributed by atoms with E-state index in [1.54, 1.807) is 7.11 Å². The first kappa shape index (κ1) is 18.8. The molecule has 2 unspecified atom stereocenters. The normalized spacial score (nSPS) is 22.3. The van der Waals surface area contributed by atoms with Crippen LogP contribution >= 0.6 is 0 Å². The van der Waals surface area contributed by atoms with E-state index in [1.165, 1.54) is 5.56 Å². The minimum Gasteiger partial charge on any atom is -0.497 e. The summed E-state index contributed by atoms with van der Waals surface area (Å²) in [5.74, 6) is 1.73. The average molecular weight is 380 g/mol. The predicted octanol–water partition coefficient (Wildman–Crippen LogP) is 2.98. The molecule has 0 aromatic heterocycles. The quantitative estimate of drug-likeness (QED) is 0.818. The van der Waals surface area contributed by atoms with Crippen molar-refractivity contribution >= 4 is 5.91 Å². The molecule has 0 radical (unpaired) electrons. The first-order valence-electron chi connectivity index (χ1n) is 10.0. The molecule has 0 bridgehead atoms. The number of ether oxygens (including phenoxy) is 2. The molecule has 0 aliphatic carbocycles. The third kappa shape index (κ3) is 3.99. The summed E-state index contributed by atoms with van der Waals surface area (Å²) < 4.78 is 11.1. The number of rotatable bonds is 4. The third-order valence-electron chi connectivity index (χ3n) is 5.77. The summed E-state index contributed by atoms with van der Waals surface area (Å²) in [7, 11) is 1.65. The Bertz CT molecular complexity index is 824. The number of hydrogen-bond acceptors (Lipinski definition) is 4. The fourth-order valence-corrected chi connectivity index (χ4v) is 4.22. The van der Waals surface area contributed by atoms with Gasteiger partial charge in [0.25, 0.3) is 0 Å². The molecule has 0 saturated carbocycles. The van der Waals surface area contributed by atoms with Crippen LogP contribution in [0.3, 0.4) is 0 Å². The molecule has 5 heteroatoms. The molecule has 2 aliphatic heterocycles. The van der Waals surface area contributed by atoms with E-state index < -0.39 is 0 Å². The Morgan fingerprint density at radius 3 is 2.75 bits per heavy atom. The Morgan fingerprint density at radius 1 is 1.18 bits per heavy atom. The maximum Gasteiger partial charge on any atom is 0.229 e. The van der Waals surface area contributed by atoms with E-state index in [4.69, 9.17) is 9.47 Å². The van der Waals surface area contributed by atoms with Crippen LogP contribution in [0.5, 0.6) is 11.5 Å². The van der Waals surface area contributed by atoms with Crippen LogP contribution in [-0.4, -0.2) is 55.1 Å². The number of carbonyl (C=O) groups excluding carboxylic acids is 1. The zero-order chi connectivity index (χ0) is 19.5. The van der Waals surface area contributed by atoms with Crippen molar-refractivity contribution < 1.29 is 14.3 Å². The van der Waals surface area contributed by atoms with Crippen LogP contribution < -0.4 is 9.47 Å². The highest BCUT2D eigenvalue weighted by molar-refractivity contribution is 5.80. The molecule has 4 rings (SSSR count). The summed E-state index contributed by atoms with van der Waals surface area (Å²) in [6.45, 7) is 6.12. The smallest absolute Gasteiger partial charge is 0.229 e. The lowest BCUT2D eigenvalue weighted by molar-refractivity contribution is -0.141. The summed E-state index contributed by atoms with van der Waals surface area (Å²) >= 11 is 0. The molecule has 2 atom stereocenters. The van der Waals surface area contributed by atoms with Crippen molar-refractivity contribution in [2.24, 2.45) is 5.92 Å². The van der Waals surface area contributed by atoms with Gasteiger partial charge in [0.05, 0.1) is 13.0 Å². The van der Waals surface area contributed by atoms with Crippen LogP contribution in [0.25, 0.3) is 0 Å². The minimum absolute atomic E-state index is 0.107. The number of fused-ring (bicyclic) bond motifs is 1. The van der Waals surface area contributed by atoms with Gasteiger partial charge in [-0.2, -0.15) is 0 Å². The number of hydrogen-bond donors (Lipinski definition) is 0. The molecule has 1 fully saturated rings. The van der Waals surface area contributed by atoms with Crippen molar-refractivity contribution in [1.29, 1.82) is 0 Å². The molecule has 5 nitrogen and oxygen atoms in total. The van der Waals surface area contributed by atoms with Crippen LogP contribution in [0.1, 0.15) is 18.1 Å². The van der Waals surface area contributed by atoms with Gasteiger partial charge in [-0.25, -0.2) is 0 Å². The van der Waals surface area contributed by atoms with Crippen LogP contribution in [0.2, 0.25) is 0 Å². The monoisotopic (exact) mass is 380 g/mol. The molecule has 2 heterocycles. The van der Waals surface area contributed by atoms with E-state index in [9.17, 15) is 4.79 Å². The SMILES string of the molecule is COc1ccc2c(c1)OCC(C(=O)N1CCN(Cc3ccccc3)CC1C)C2. The van der Waals surface area contributed by atoms with Gasteiger partial charge in [-0.1, -0.05) is 36.4 Å². The number of amides is 1. The molecular weight excluding hydrogens is 352 g/mol. The first-order chi connectivity index (χ1) is 13.6. The van der Waals surface area contributed by atoms with E-state index in [1.807, 2.05) is 29.2 Å². The first-order valence-corrected chi connectivity index (χ1v) is 10.0. The largest absolute Gasteiger partial charge is 0.497 e. The highest BCUT2D eigenvalue weighted by Gasteiger charge is 2.34. The van der Waals surface area contributed by atoms with E-state index in [0.29, 0.717) is 6.61 Å². The van der Waals surface area contributed by atoms with Crippen LogP contribution in [0.4, 0.5) is 0 Å². The van der Waals surface area contributed by atoms with Gasteiger partial charge in [0.15, 0.2) is 0 Å². The van der Waals surface area contributed by atoms with Crippen molar-refractivity contribution in [3.63, 3.8) is 0 Å². The lowest BCUT2D eigenvalue weighted by Crippen LogP contribution is -2.56. The van der Waals surface area contributed by atoms with Gasteiger partial charge in [-0.3, -0.25) is 9.69 Å². The summed E-state index contributed by atoms with van der Waals surface area (Å²) in [6.07, 6.45) is 0.731. The van der Waals surface area contributed by atoms with Gasteiger partial charge < -0.3 is 14.4 Å². The number of carbonyl (C=O) groups is 1. The molecule has 0 spiro atoms. The summed E-state index contributed by atoms with van der Waals surface area (Å²) in [4.78, 5) is 17.6. The highest BCUT2D eigenvalue weighted by Crippen LogP contribution is 2.32. The van der Waals surface area contributed by atoms with Gasteiger partial charge in [0, 0.05) is 38.3 Å².